The van der Waals surface area contributed by atoms with Crippen molar-refractivity contribution >= 4 is 35.6 Å². The van der Waals surface area contributed by atoms with E-state index < -0.39 is 54.4 Å². The third-order valence-corrected chi connectivity index (χ3v) is 5.35. The van der Waals surface area contributed by atoms with Crippen LogP contribution in [0.15, 0.2) is 35.2 Å². The van der Waals surface area contributed by atoms with Crippen molar-refractivity contribution in [2.75, 3.05) is 12.4 Å². The van der Waals surface area contributed by atoms with E-state index in [1.165, 1.54) is 39.5 Å². The molecule has 1 aromatic rings. The molecule has 2 rings (SSSR count). The van der Waals surface area contributed by atoms with Gasteiger partial charge in [0.2, 0.25) is 0 Å². The SMILES string of the molecule is CC(=O)OC[C@H]1O[C@@H](CSc2ccccc2)[C@H](OC(C)=O)[C@@H](OC(C)=O)[C@H]1OC(C)=O. The molecule has 0 aliphatic carbocycles. The molecular weight excluding hydrogens is 428 g/mol. The van der Waals surface area contributed by atoms with Crippen LogP contribution in [0.1, 0.15) is 27.7 Å². The molecular formula is C21H26O9S. The predicted molar refractivity (Wildman–Crippen MR) is 109 cm³/mol. The zero-order valence-electron chi connectivity index (χ0n) is 17.8. The molecule has 1 heterocycles. The molecule has 31 heavy (non-hydrogen) atoms. The van der Waals surface area contributed by atoms with E-state index >= 15 is 0 Å². The minimum atomic E-state index is -1.14. The molecule has 5 atom stereocenters. The van der Waals surface area contributed by atoms with Crippen molar-refractivity contribution in [1.29, 1.82) is 0 Å². The Kier molecular flexibility index (Phi) is 9.32. The Hall–Kier alpha value is -2.59. The number of rotatable bonds is 8. The van der Waals surface area contributed by atoms with Crippen LogP contribution in [0.2, 0.25) is 0 Å². The first-order chi connectivity index (χ1) is 14.7. The third-order valence-electron chi connectivity index (χ3n) is 4.24. The van der Waals surface area contributed by atoms with Gasteiger partial charge in [-0.25, -0.2) is 0 Å². The fraction of sp³-hybridized carbons (Fsp3) is 0.524. The molecule has 0 bridgehead atoms. The molecule has 0 saturated carbocycles. The Bertz CT molecular complexity index is 782. The molecule has 0 radical (unpaired) electrons. The zero-order valence-corrected chi connectivity index (χ0v) is 18.6. The van der Waals surface area contributed by atoms with Crippen LogP contribution in [0.4, 0.5) is 0 Å². The molecule has 0 N–H and O–H groups in total. The molecule has 1 fully saturated rings. The van der Waals surface area contributed by atoms with Crippen LogP contribution < -0.4 is 0 Å². The lowest BCUT2D eigenvalue weighted by atomic mass is 9.95. The van der Waals surface area contributed by atoms with Crippen LogP contribution in [0.3, 0.4) is 0 Å². The van der Waals surface area contributed by atoms with Gasteiger partial charge in [-0.15, -0.1) is 11.8 Å². The highest BCUT2D eigenvalue weighted by molar-refractivity contribution is 7.99. The van der Waals surface area contributed by atoms with Gasteiger partial charge in [-0.05, 0) is 12.1 Å². The first kappa shape index (κ1) is 24.7. The second-order valence-electron chi connectivity index (χ2n) is 6.86. The molecule has 1 aliphatic rings. The molecule has 170 valence electrons. The summed E-state index contributed by atoms with van der Waals surface area (Å²) < 4.78 is 27.3. The highest BCUT2D eigenvalue weighted by atomic mass is 32.2. The maximum absolute atomic E-state index is 11.8. The van der Waals surface area contributed by atoms with Crippen LogP contribution in [0, 0.1) is 0 Å². The third kappa shape index (κ3) is 7.87. The summed E-state index contributed by atoms with van der Waals surface area (Å²) in [7, 11) is 0. The van der Waals surface area contributed by atoms with Crippen molar-refractivity contribution < 1.29 is 42.9 Å². The fourth-order valence-electron chi connectivity index (χ4n) is 3.15. The van der Waals surface area contributed by atoms with Crippen LogP contribution in [-0.4, -0.2) is 66.8 Å². The molecule has 10 heteroatoms. The van der Waals surface area contributed by atoms with Gasteiger partial charge in [0.15, 0.2) is 18.3 Å². The van der Waals surface area contributed by atoms with E-state index in [2.05, 4.69) is 0 Å². The average Bonchev–Trinajstić information content (AvgIpc) is 2.68. The van der Waals surface area contributed by atoms with Crippen molar-refractivity contribution in [1.82, 2.24) is 0 Å². The minimum Gasteiger partial charge on any atom is -0.463 e. The van der Waals surface area contributed by atoms with E-state index in [4.69, 9.17) is 23.7 Å². The van der Waals surface area contributed by atoms with Gasteiger partial charge in [-0.3, -0.25) is 19.2 Å². The van der Waals surface area contributed by atoms with Crippen molar-refractivity contribution in [3.8, 4) is 0 Å². The second kappa shape index (κ2) is 11.7. The molecule has 0 unspecified atom stereocenters. The van der Waals surface area contributed by atoms with Gasteiger partial charge in [-0.2, -0.15) is 0 Å². The van der Waals surface area contributed by atoms with E-state index in [1.807, 2.05) is 30.3 Å². The summed E-state index contributed by atoms with van der Waals surface area (Å²) in [5.41, 5.74) is 0. The smallest absolute Gasteiger partial charge is 0.303 e. The number of benzene rings is 1. The van der Waals surface area contributed by atoms with Gasteiger partial charge >= 0.3 is 23.9 Å². The van der Waals surface area contributed by atoms with Gasteiger partial charge in [0.1, 0.15) is 18.8 Å². The molecule has 9 nitrogen and oxygen atoms in total. The lowest BCUT2D eigenvalue weighted by Crippen LogP contribution is -2.62. The van der Waals surface area contributed by atoms with Gasteiger partial charge < -0.3 is 23.7 Å². The number of hydrogen-bond acceptors (Lipinski definition) is 10. The monoisotopic (exact) mass is 454 g/mol. The molecule has 1 saturated heterocycles. The summed E-state index contributed by atoms with van der Waals surface area (Å²) in [6.07, 6.45) is -4.96. The maximum Gasteiger partial charge on any atom is 0.303 e. The van der Waals surface area contributed by atoms with Crippen molar-refractivity contribution in [2.24, 2.45) is 0 Å². The van der Waals surface area contributed by atoms with Gasteiger partial charge in [-0.1, -0.05) is 18.2 Å². The van der Waals surface area contributed by atoms with Crippen LogP contribution in [-0.2, 0) is 42.9 Å². The zero-order chi connectivity index (χ0) is 23.0. The summed E-state index contributed by atoms with van der Waals surface area (Å²) >= 11 is 1.45. The number of ether oxygens (including phenoxy) is 5. The largest absolute Gasteiger partial charge is 0.463 e. The maximum atomic E-state index is 11.8. The van der Waals surface area contributed by atoms with E-state index in [0.717, 1.165) is 4.90 Å². The summed E-state index contributed by atoms with van der Waals surface area (Å²) in [5.74, 6) is -2.13. The Balaban J connectivity index is 2.35. The number of thioether (sulfide) groups is 1. The first-order valence-electron chi connectivity index (χ1n) is 9.65. The summed E-state index contributed by atoms with van der Waals surface area (Å²) in [5, 5.41) is 0. The Labute approximate surface area is 184 Å². The van der Waals surface area contributed by atoms with Crippen LogP contribution in [0.5, 0.6) is 0 Å². The first-order valence-corrected chi connectivity index (χ1v) is 10.6. The van der Waals surface area contributed by atoms with E-state index in [9.17, 15) is 19.2 Å². The molecule has 0 amide bonds. The highest BCUT2D eigenvalue weighted by Gasteiger charge is 2.51. The lowest BCUT2D eigenvalue weighted by Gasteiger charge is -2.44. The standard InChI is InChI=1S/C21H26O9S/c1-12(22)26-10-17-19(27-13(2)23)21(29-15(4)25)20(28-14(3)24)18(30-17)11-31-16-8-6-5-7-9-16/h5-9,17-21H,10-11H2,1-4H3/t17-,18+,19+,20+,21+/m1/s1. The Morgan fingerprint density at radius 1 is 0.774 bits per heavy atom. The van der Waals surface area contributed by atoms with E-state index in [0.29, 0.717) is 5.75 Å². The van der Waals surface area contributed by atoms with Crippen LogP contribution >= 0.6 is 11.8 Å². The second-order valence-corrected chi connectivity index (χ2v) is 7.96. The summed E-state index contributed by atoms with van der Waals surface area (Å²) in [4.78, 5) is 47.6. The van der Waals surface area contributed by atoms with E-state index in [1.54, 1.807) is 0 Å². The minimum absolute atomic E-state index is 0.232. The van der Waals surface area contributed by atoms with E-state index in [-0.39, 0.29) is 6.61 Å². The van der Waals surface area contributed by atoms with Crippen molar-refractivity contribution in [2.45, 2.75) is 63.1 Å². The normalized spacial score (nSPS) is 25.2. The lowest BCUT2D eigenvalue weighted by molar-refractivity contribution is -0.248. The number of carbonyl (C=O) groups excluding carboxylic acids is 4. The number of hydrogen-bond donors (Lipinski definition) is 0. The topological polar surface area (TPSA) is 114 Å². The van der Waals surface area contributed by atoms with Crippen molar-refractivity contribution in [3.05, 3.63) is 30.3 Å². The van der Waals surface area contributed by atoms with Gasteiger partial charge in [0.25, 0.3) is 0 Å². The fourth-order valence-corrected chi connectivity index (χ4v) is 4.12. The molecule has 1 aliphatic heterocycles. The quantitative estimate of drug-likeness (QED) is 0.328. The highest BCUT2D eigenvalue weighted by Crippen LogP contribution is 2.32. The molecule has 0 spiro atoms. The van der Waals surface area contributed by atoms with Gasteiger partial charge in [0.05, 0.1) is 0 Å². The Morgan fingerprint density at radius 3 is 1.81 bits per heavy atom. The predicted octanol–water partition coefficient (Wildman–Crippen LogP) is 1.90. The Morgan fingerprint density at radius 2 is 1.29 bits per heavy atom. The molecule has 0 aromatic heterocycles. The van der Waals surface area contributed by atoms with Crippen LogP contribution in [0.25, 0.3) is 0 Å². The average molecular weight is 454 g/mol. The number of esters is 4. The van der Waals surface area contributed by atoms with Crippen molar-refractivity contribution in [3.63, 3.8) is 0 Å². The summed E-state index contributed by atoms with van der Waals surface area (Å²) in [6.45, 7) is 4.60. The number of carbonyl (C=O) groups is 4. The summed E-state index contributed by atoms with van der Waals surface area (Å²) in [6, 6.07) is 9.48. The van der Waals surface area contributed by atoms with Gasteiger partial charge in [0, 0.05) is 38.3 Å². The molecule has 1 aromatic carbocycles.